The van der Waals surface area contributed by atoms with Crippen LogP contribution in [0.2, 0.25) is 0 Å². The maximum Gasteiger partial charge on any atom is 0.198 e. The van der Waals surface area contributed by atoms with Gasteiger partial charge in [0.1, 0.15) is 5.69 Å². The molecule has 2 aromatic heterocycles. The third-order valence-electron chi connectivity index (χ3n) is 4.74. The minimum Gasteiger partial charge on any atom is -0.384 e. The molecule has 2 heterocycles. The Morgan fingerprint density at radius 2 is 2.08 bits per heavy atom. The Labute approximate surface area is 151 Å². The topological polar surface area (TPSA) is 97.9 Å². The number of nitrogens with one attached hydrogen (secondary N) is 2. The molecule has 0 atom stereocenters. The molecule has 0 saturated heterocycles. The lowest BCUT2D eigenvalue weighted by molar-refractivity contribution is 0.104. The van der Waals surface area contributed by atoms with E-state index in [1.807, 2.05) is 29.9 Å². The number of nitrogens with two attached hydrogens (primary N) is 1. The molecule has 3 aromatic rings. The molecule has 4 rings (SSSR count). The SMILES string of the molecule is CNCCn1nc2c3c(c(NCCCN)ccc31)C(=O)c1cnccc1-2. The van der Waals surface area contributed by atoms with Gasteiger partial charge in [0.05, 0.1) is 23.2 Å². The van der Waals surface area contributed by atoms with Crippen molar-refractivity contribution in [1.82, 2.24) is 20.1 Å². The number of hydrogen-bond donors (Lipinski definition) is 3. The second-order valence-corrected chi connectivity index (χ2v) is 6.38. The molecule has 1 aliphatic carbocycles. The molecule has 1 aliphatic rings. The van der Waals surface area contributed by atoms with Crippen LogP contribution >= 0.6 is 0 Å². The molecule has 4 N–H and O–H groups in total. The monoisotopic (exact) mass is 350 g/mol. The van der Waals surface area contributed by atoms with E-state index in [-0.39, 0.29) is 5.78 Å². The number of anilines is 1. The van der Waals surface area contributed by atoms with Crippen molar-refractivity contribution in [2.24, 2.45) is 5.73 Å². The molecular formula is C19H22N6O. The average molecular weight is 350 g/mol. The van der Waals surface area contributed by atoms with Crippen LogP contribution in [0.3, 0.4) is 0 Å². The van der Waals surface area contributed by atoms with Gasteiger partial charge < -0.3 is 16.4 Å². The molecule has 0 saturated carbocycles. The maximum atomic E-state index is 13.2. The highest BCUT2D eigenvalue weighted by molar-refractivity contribution is 6.27. The fraction of sp³-hybridized carbons (Fsp3) is 0.316. The number of aromatic nitrogens is 3. The highest BCUT2D eigenvalue weighted by Crippen LogP contribution is 2.41. The van der Waals surface area contributed by atoms with Gasteiger partial charge in [-0.25, -0.2) is 0 Å². The van der Waals surface area contributed by atoms with Crippen molar-refractivity contribution in [3.63, 3.8) is 0 Å². The Kier molecular flexibility index (Phi) is 4.40. The molecule has 0 fully saturated rings. The third-order valence-corrected chi connectivity index (χ3v) is 4.74. The summed E-state index contributed by atoms with van der Waals surface area (Å²) in [5, 5.41) is 12.3. The summed E-state index contributed by atoms with van der Waals surface area (Å²) in [6, 6.07) is 5.87. The Bertz CT molecular complexity index is 978. The smallest absolute Gasteiger partial charge is 0.198 e. The number of rotatable bonds is 7. The lowest BCUT2D eigenvalue weighted by Crippen LogP contribution is -2.15. The minimum atomic E-state index is -0.00499. The second-order valence-electron chi connectivity index (χ2n) is 6.38. The predicted molar refractivity (Wildman–Crippen MR) is 102 cm³/mol. The van der Waals surface area contributed by atoms with Crippen LogP contribution in [0.5, 0.6) is 0 Å². The largest absolute Gasteiger partial charge is 0.384 e. The zero-order valence-electron chi connectivity index (χ0n) is 14.7. The van der Waals surface area contributed by atoms with Crippen molar-refractivity contribution in [3.05, 3.63) is 41.7 Å². The molecule has 0 unspecified atom stereocenters. The minimum absolute atomic E-state index is 0.00499. The van der Waals surface area contributed by atoms with Crippen LogP contribution in [0.1, 0.15) is 22.3 Å². The molecule has 26 heavy (non-hydrogen) atoms. The van der Waals surface area contributed by atoms with Crippen molar-refractivity contribution >= 4 is 22.4 Å². The highest BCUT2D eigenvalue weighted by Gasteiger charge is 2.31. The Morgan fingerprint density at radius 3 is 2.88 bits per heavy atom. The van der Waals surface area contributed by atoms with Gasteiger partial charge in [-0.15, -0.1) is 0 Å². The van der Waals surface area contributed by atoms with E-state index in [1.54, 1.807) is 12.4 Å². The normalized spacial score (nSPS) is 12.5. The number of carbonyl (C=O) groups excluding carboxylic acids is 1. The van der Waals surface area contributed by atoms with Crippen molar-refractivity contribution < 1.29 is 4.79 Å². The van der Waals surface area contributed by atoms with Gasteiger partial charge in [0.2, 0.25) is 0 Å². The summed E-state index contributed by atoms with van der Waals surface area (Å²) in [5.74, 6) is -0.00499. The first-order valence-electron chi connectivity index (χ1n) is 8.87. The molecule has 7 heteroatoms. The number of fused-ring (bicyclic) bond motifs is 2. The molecule has 0 radical (unpaired) electrons. The Balaban J connectivity index is 1.93. The fourth-order valence-corrected chi connectivity index (χ4v) is 3.47. The van der Waals surface area contributed by atoms with Crippen LogP contribution < -0.4 is 16.4 Å². The molecular weight excluding hydrogens is 328 g/mol. The quantitative estimate of drug-likeness (QED) is 0.438. The van der Waals surface area contributed by atoms with Gasteiger partial charge in [0.25, 0.3) is 0 Å². The zero-order chi connectivity index (χ0) is 18.1. The number of benzene rings is 1. The van der Waals surface area contributed by atoms with Gasteiger partial charge in [-0.3, -0.25) is 14.5 Å². The summed E-state index contributed by atoms with van der Waals surface area (Å²) in [6.45, 7) is 2.88. The van der Waals surface area contributed by atoms with Crippen LogP contribution in [0.4, 0.5) is 5.69 Å². The number of ketones is 1. The summed E-state index contributed by atoms with van der Waals surface area (Å²) >= 11 is 0. The van der Waals surface area contributed by atoms with Crippen molar-refractivity contribution in [1.29, 1.82) is 0 Å². The second kappa shape index (κ2) is 6.86. The van der Waals surface area contributed by atoms with Crippen LogP contribution in [-0.2, 0) is 6.54 Å². The summed E-state index contributed by atoms with van der Waals surface area (Å²) in [5.41, 5.74) is 10.4. The van der Waals surface area contributed by atoms with Crippen LogP contribution in [-0.4, -0.2) is 47.2 Å². The maximum absolute atomic E-state index is 13.2. The Hall–Kier alpha value is -2.77. The predicted octanol–water partition coefficient (Wildman–Crippen LogP) is 1.62. The van der Waals surface area contributed by atoms with Gasteiger partial charge in [0, 0.05) is 42.1 Å². The van der Waals surface area contributed by atoms with Gasteiger partial charge in [-0.1, -0.05) is 0 Å². The molecule has 0 amide bonds. The van der Waals surface area contributed by atoms with E-state index < -0.39 is 0 Å². The lowest BCUT2D eigenvalue weighted by Gasteiger charge is -2.18. The summed E-state index contributed by atoms with van der Waals surface area (Å²) in [6.07, 6.45) is 4.19. The summed E-state index contributed by atoms with van der Waals surface area (Å²) in [7, 11) is 1.92. The number of nitrogens with zero attached hydrogens (tertiary/aromatic N) is 3. The molecule has 7 nitrogen and oxygen atoms in total. The lowest BCUT2D eigenvalue weighted by atomic mass is 9.87. The van der Waals surface area contributed by atoms with Crippen molar-refractivity contribution in [2.45, 2.75) is 13.0 Å². The fourth-order valence-electron chi connectivity index (χ4n) is 3.47. The van der Waals surface area contributed by atoms with E-state index >= 15 is 0 Å². The van der Waals surface area contributed by atoms with Crippen LogP contribution in [0.15, 0.2) is 30.6 Å². The molecule has 0 spiro atoms. The van der Waals surface area contributed by atoms with Gasteiger partial charge in [-0.05, 0) is 38.2 Å². The number of likely N-dealkylation sites (N-methyl/N-ethyl adjacent to an activating group) is 1. The van der Waals surface area contributed by atoms with Crippen molar-refractivity contribution in [3.8, 4) is 11.3 Å². The average Bonchev–Trinajstić information content (AvgIpc) is 3.04. The molecule has 0 bridgehead atoms. The number of pyridine rings is 1. The summed E-state index contributed by atoms with van der Waals surface area (Å²) < 4.78 is 1.97. The summed E-state index contributed by atoms with van der Waals surface area (Å²) in [4.78, 5) is 17.4. The zero-order valence-corrected chi connectivity index (χ0v) is 14.7. The molecule has 1 aromatic carbocycles. The van der Waals surface area contributed by atoms with E-state index in [4.69, 9.17) is 10.8 Å². The number of carbonyl (C=O) groups is 1. The highest BCUT2D eigenvalue weighted by atomic mass is 16.1. The van der Waals surface area contributed by atoms with Crippen LogP contribution in [0.25, 0.3) is 22.2 Å². The number of hydrogen-bond acceptors (Lipinski definition) is 6. The van der Waals surface area contributed by atoms with E-state index in [0.29, 0.717) is 17.7 Å². The molecule has 134 valence electrons. The van der Waals surface area contributed by atoms with Gasteiger partial charge in [-0.2, -0.15) is 5.10 Å². The first kappa shape index (κ1) is 16.7. The van der Waals surface area contributed by atoms with Crippen molar-refractivity contribution in [2.75, 3.05) is 32.0 Å². The standard InChI is InChI=1S/C19H22N6O/c1-21-9-10-25-15-4-3-14(23-7-2-6-20)16-17(15)18(24-25)12-5-8-22-11-13(12)19(16)26/h3-5,8,11,21,23H,2,6-7,9-10,20H2,1H3. The first-order valence-corrected chi connectivity index (χ1v) is 8.87. The van der Waals surface area contributed by atoms with E-state index in [9.17, 15) is 4.79 Å². The van der Waals surface area contributed by atoms with E-state index in [0.717, 1.165) is 53.9 Å². The van der Waals surface area contributed by atoms with E-state index in [1.165, 1.54) is 0 Å². The van der Waals surface area contributed by atoms with Gasteiger partial charge >= 0.3 is 0 Å². The van der Waals surface area contributed by atoms with Gasteiger partial charge in [0.15, 0.2) is 5.78 Å². The first-order chi connectivity index (χ1) is 12.8. The third kappa shape index (κ3) is 2.56. The Morgan fingerprint density at radius 1 is 1.19 bits per heavy atom. The molecule has 0 aliphatic heterocycles. The van der Waals surface area contributed by atoms with Crippen LogP contribution in [0, 0.1) is 0 Å². The van der Waals surface area contributed by atoms with E-state index in [2.05, 4.69) is 15.6 Å².